The summed E-state index contributed by atoms with van der Waals surface area (Å²) in [4.78, 5) is 129. The summed E-state index contributed by atoms with van der Waals surface area (Å²) in [5.41, 5.74) is 7.13. The van der Waals surface area contributed by atoms with Gasteiger partial charge in [-0.25, -0.2) is 0 Å². The molecule has 37 nitrogen and oxygen atoms in total. The molecule has 3 fully saturated rings. The number of primary amides is 1. The highest BCUT2D eigenvalue weighted by Gasteiger charge is 2.54. The highest BCUT2D eigenvalue weighted by molar-refractivity contribution is 6.01. The van der Waals surface area contributed by atoms with Gasteiger partial charge >= 0.3 is 0 Å². The summed E-state index contributed by atoms with van der Waals surface area (Å²) in [7, 11) is 4.59. The molecule has 8 aliphatic heterocycles. The van der Waals surface area contributed by atoms with Crippen molar-refractivity contribution in [3.8, 4) is 51.4 Å². The van der Waals surface area contributed by atoms with Crippen molar-refractivity contribution in [3.63, 3.8) is 0 Å². The number of aryl methyl sites for hydroxylation is 2. The van der Waals surface area contributed by atoms with Gasteiger partial charge in [0.05, 0.1) is 31.8 Å². The lowest BCUT2D eigenvalue weighted by molar-refractivity contribution is -0.373. The molecule has 20 N–H and O–H groups in total. The number of phenols is 3. The molecule has 5 aromatic carbocycles. The first kappa shape index (κ1) is 89.4. The maximum atomic E-state index is 15.6. The minimum Gasteiger partial charge on any atom is -0.508 e. The largest absolute Gasteiger partial charge is 0.508 e. The van der Waals surface area contributed by atoms with Gasteiger partial charge in [-0.2, -0.15) is 0 Å². The third-order valence-electron chi connectivity index (χ3n) is 21.8. The van der Waals surface area contributed by atoms with Gasteiger partial charge in [-0.05, 0) is 149 Å². The lowest BCUT2D eigenvalue weighted by atomic mass is 9.86. The molecule has 117 heavy (non-hydrogen) atoms. The predicted molar refractivity (Wildman–Crippen MR) is 407 cm³/mol. The van der Waals surface area contributed by atoms with Crippen LogP contribution in [0.5, 0.6) is 40.2 Å². The summed E-state index contributed by atoms with van der Waals surface area (Å²) in [5.74, 6) is -10.2. The number of ketones is 1. The summed E-state index contributed by atoms with van der Waals surface area (Å²) < 4.78 is 45.6. The number of fused-ring (bicyclic) bond motifs is 15. The molecule has 0 aliphatic carbocycles. The molecule has 636 valence electrons. The van der Waals surface area contributed by atoms with Gasteiger partial charge in [0.15, 0.2) is 30.9 Å². The van der Waals surface area contributed by atoms with Gasteiger partial charge in [0, 0.05) is 41.2 Å². The average Bonchev–Trinajstić information content (AvgIpc) is 0.581. The van der Waals surface area contributed by atoms with Crippen molar-refractivity contribution in [1.82, 2.24) is 36.8 Å². The lowest BCUT2D eigenvalue weighted by Crippen LogP contribution is -2.66. The summed E-state index contributed by atoms with van der Waals surface area (Å²) in [6, 6.07) is 6.16. The number of hydrogen-bond acceptors (Lipinski definition) is 30. The van der Waals surface area contributed by atoms with Gasteiger partial charge in [0.2, 0.25) is 41.4 Å². The summed E-state index contributed by atoms with van der Waals surface area (Å²) >= 11 is 0. The monoisotopic (exact) mass is 1640 g/mol. The maximum absolute atomic E-state index is 15.6. The molecule has 37 heteroatoms. The number of benzene rings is 5. The quantitative estimate of drug-likeness (QED) is 0.0532. The molecule has 7 amide bonds. The number of aldehydes is 1. The van der Waals surface area contributed by atoms with E-state index in [1.54, 1.807) is 77.0 Å². The fourth-order valence-electron chi connectivity index (χ4n) is 14.9. The number of aliphatic hydroxyl groups excluding tert-OH is 9. The minimum atomic E-state index is -1.91. The number of aliphatic hydroxyl groups is 9. The van der Waals surface area contributed by atoms with E-state index in [4.69, 9.17) is 43.6 Å². The van der Waals surface area contributed by atoms with E-state index in [1.807, 2.05) is 13.8 Å². The van der Waals surface area contributed by atoms with Crippen LogP contribution in [-0.4, -0.2) is 264 Å². The van der Waals surface area contributed by atoms with Crippen molar-refractivity contribution in [1.29, 1.82) is 0 Å². The number of rotatable bonds is 16. The highest BCUT2D eigenvalue weighted by atomic mass is 16.8. The highest BCUT2D eigenvalue weighted by Crippen LogP contribution is 2.48. The number of nitrogens with one attached hydrogen (secondary N) is 6. The van der Waals surface area contributed by atoms with Crippen molar-refractivity contribution in [2.45, 2.75) is 215 Å². The number of phenolic OH excluding ortho intramolecular Hbond substituents is 3. The van der Waals surface area contributed by atoms with E-state index >= 15 is 9.59 Å². The number of nitrogens with two attached hydrogens (primary N) is 1. The zero-order chi connectivity index (χ0) is 85.9. The number of Topliss-reactive ketones (excluding diaryl/α,β-unsaturated/α-hetero) is 1. The van der Waals surface area contributed by atoms with Crippen LogP contribution in [0.2, 0.25) is 0 Å². The average molecular weight is 1640 g/mol. The van der Waals surface area contributed by atoms with Gasteiger partial charge in [0.1, 0.15) is 144 Å². The molecule has 13 rings (SSSR count). The second-order valence-corrected chi connectivity index (χ2v) is 30.8. The van der Waals surface area contributed by atoms with Crippen LogP contribution in [0.3, 0.4) is 0 Å². The molecule has 0 saturated carbocycles. The lowest BCUT2D eigenvalue weighted by Gasteiger charge is -2.48. The third-order valence-corrected chi connectivity index (χ3v) is 21.8. The molecule has 3 saturated heterocycles. The molecular weight excluding hydrogens is 1540 g/mol. The first-order valence-electron chi connectivity index (χ1n) is 37.8. The molecule has 0 unspecified atom stereocenters. The van der Waals surface area contributed by atoms with Crippen molar-refractivity contribution < 1.29 is 142 Å². The molecule has 0 aromatic heterocycles. The van der Waals surface area contributed by atoms with Crippen molar-refractivity contribution in [2.24, 2.45) is 17.6 Å². The fraction of sp³-hybridized carbons (Fsp3) is 0.512. The van der Waals surface area contributed by atoms with Crippen molar-refractivity contribution >= 4 is 53.4 Å². The fourth-order valence-corrected chi connectivity index (χ4v) is 14.9. The van der Waals surface area contributed by atoms with Crippen LogP contribution in [0.25, 0.3) is 11.1 Å². The van der Waals surface area contributed by atoms with Crippen LogP contribution in [-0.2, 0) is 71.6 Å². The first-order chi connectivity index (χ1) is 55.2. The Balaban J connectivity index is 0.000000343. The van der Waals surface area contributed by atoms with Crippen LogP contribution in [0.4, 0.5) is 0 Å². The second kappa shape index (κ2) is 37.4. The van der Waals surface area contributed by atoms with Gasteiger partial charge in [-0.1, -0.05) is 52.0 Å². The first-order valence-corrected chi connectivity index (χ1v) is 37.8. The molecule has 8 heterocycles. The van der Waals surface area contributed by atoms with E-state index in [0.29, 0.717) is 34.4 Å². The molecule has 0 spiro atoms. The second-order valence-electron chi connectivity index (χ2n) is 30.8. The Hall–Kier alpha value is -9.91. The Kier molecular flexibility index (Phi) is 28.6. The molecular formula is C80H102N8O29. The summed E-state index contributed by atoms with van der Waals surface area (Å²) in [5, 5.41) is 144. The Morgan fingerprint density at radius 3 is 1.70 bits per heavy atom. The molecule has 8 aliphatic rings. The van der Waals surface area contributed by atoms with Crippen LogP contribution in [0.1, 0.15) is 128 Å². The number of methoxy groups -OCH3 is 1. The van der Waals surface area contributed by atoms with E-state index in [1.165, 1.54) is 70.3 Å². The standard InChI is InChI=1S/C60H68N8O14.C20H34O15/c1-25(2)17-39(68(9)10)56(76)67-52-54(74)34-13-16-43(27(4)19-34)82-45-22-35-21-44(30(45)7)81-42-15-12-32(18-26(42)3)28(5)48-57(77)64-49(31(8)69)37-23-41(71)29(6)53(73)47(37)36-20-33(11-14-40(36)70)50(58(78)63-48)66-59(79)51(35)65-55(75)38(24-46(61)72)62-60(52)80;1-6-10(24)11(25)7(3-21)31-18(6)34-16-9(5-23)33-20(15(29)13(16)27)35-17-8(4-22)32-19(30-2)14(28)12(17)26/h11-16,18-23,25,28,38-39,48-52,54,70-71,73-74H,17,24H2,1-10H3,(H2,61,72)(H,62,80)(H,63,78)(H,64,77)(H,65,75)(H,66,79)(H,67,76);3,6-20,22-29H,4-5H2,1-2H3/t28-,38+,39-,48+,49+,50-,51-,52-,54-;6-,7-,8-,9-,10-,11+,12-,13-,14-,15-,16-,17-,18+,19-,20+/m11/s1. The van der Waals surface area contributed by atoms with Crippen molar-refractivity contribution in [2.75, 3.05) is 34.4 Å². The SMILES string of the molecule is CC(=O)[C@@H]1NC(=O)[C@H]2NC(=O)[C@H](NC(=O)[C@@H]3NC(=O)[C@H](CC(N)=O)NC(=O)[C@H](NC(=O)[C@@H](CC(C)C)N(C)C)[C@H](O)c4ccc(c(C)c4)Oc4cc3cc(c4C)Oc3ccc(cc3C)[C@H]2C)c2ccc(O)c(c2)-c2c1cc(O)c(C)c2O.CO[C@@H]1O[C@H](CO)[C@@H](O[C@@H]2O[C@H](CO)[C@@H](O[C@@H]3O[C@H](C=O)[C@H](O)[C@H](O)[C@H]3C)[C@H](O)[C@H]2O)[C@H](O)[C@H]1O. The normalized spacial score (nSPS) is 30.9. The van der Waals surface area contributed by atoms with E-state index in [2.05, 4.69) is 31.9 Å². The Bertz CT molecular complexity index is 4540. The summed E-state index contributed by atoms with van der Waals surface area (Å²) in [6.45, 7) is 13.2. The zero-order valence-electron chi connectivity index (χ0n) is 66.1. The minimum absolute atomic E-state index is 0.0276. The zero-order valence-corrected chi connectivity index (χ0v) is 66.1. The number of nitrogens with zero attached hydrogens (tertiary/aromatic N) is 1. The number of carbonyl (C=O) groups excluding carboxylic acids is 9. The number of amides is 7. The van der Waals surface area contributed by atoms with Gasteiger partial charge in [-0.15, -0.1) is 0 Å². The van der Waals surface area contributed by atoms with Crippen LogP contribution >= 0.6 is 0 Å². The number of aromatic hydroxyl groups is 3. The van der Waals surface area contributed by atoms with Gasteiger partial charge < -0.3 is 142 Å². The predicted octanol–water partition coefficient (Wildman–Crippen LogP) is -0.904. The van der Waals surface area contributed by atoms with Crippen LogP contribution in [0.15, 0.2) is 72.8 Å². The third kappa shape index (κ3) is 19.1. The molecule has 5 aromatic rings. The van der Waals surface area contributed by atoms with E-state index in [-0.39, 0.29) is 68.4 Å². The number of hydrogen-bond donors (Lipinski definition) is 19. The van der Waals surface area contributed by atoms with Gasteiger partial charge in [-0.3, -0.25) is 43.3 Å². The van der Waals surface area contributed by atoms with Crippen molar-refractivity contribution in [3.05, 3.63) is 123 Å². The Morgan fingerprint density at radius 2 is 1.15 bits per heavy atom. The summed E-state index contributed by atoms with van der Waals surface area (Å²) in [6.07, 6.45) is -22.7. The smallest absolute Gasteiger partial charge is 0.248 e. The van der Waals surface area contributed by atoms with Gasteiger partial charge in [0.25, 0.3) is 0 Å². The van der Waals surface area contributed by atoms with Crippen LogP contribution in [0, 0.1) is 39.5 Å². The number of likely N-dealkylation sites (N-methyl/N-ethyl adjacent to an activating group) is 1. The Labute approximate surface area is 671 Å². The van der Waals surface area contributed by atoms with E-state index in [9.17, 15) is 94.8 Å². The maximum Gasteiger partial charge on any atom is 0.248 e. The molecule has 11 bridgehead atoms. The van der Waals surface area contributed by atoms with E-state index in [0.717, 1.165) is 0 Å². The molecule has 0 radical (unpaired) electrons. The number of carbonyl (C=O) groups is 9. The Morgan fingerprint density at radius 1 is 0.598 bits per heavy atom. The van der Waals surface area contributed by atoms with Crippen LogP contribution < -0.4 is 47.1 Å². The molecule has 24 atom stereocenters. The topological polar surface area (TPSA) is 572 Å². The number of ether oxygens (including phenoxy) is 8. The van der Waals surface area contributed by atoms with E-state index < -0.39 is 230 Å².